The van der Waals surface area contributed by atoms with E-state index in [1.165, 1.54) is 43.2 Å². The predicted molar refractivity (Wildman–Crippen MR) is 142 cm³/mol. The lowest BCUT2D eigenvalue weighted by molar-refractivity contribution is 0.340. The molecular formula is C32H36O. The van der Waals surface area contributed by atoms with E-state index in [2.05, 4.69) is 68.0 Å². The summed E-state index contributed by atoms with van der Waals surface area (Å²) in [6, 6.07) is 24.7. The van der Waals surface area contributed by atoms with Gasteiger partial charge in [-0.1, -0.05) is 75.1 Å². The summed E-state index contributed by atoms with van der Waals surface area (Å²) in [6.45, 7) is 7.09. The summed E-state index contributed by atoms with van der Waals surface area (Å²) in [4.78, 5) is 0. The van der Waals surface area contributed by atoms with Crippen molar-refractivity contribution < 1.29 is 4.74 Å². The molecule has 0 aliphatic carbocycles. The molecule has 0 bridgehead atoms. The number of ether oxygens (including phenoxy) is 1. The number of terminal acetylenes is 1. The van der Waals surface area contributed by atoms with Crippen molar-refractivity contribution in [3.8, 4) is 29.9 Å². The van der Waals surface area contributed by atoms with Crippen molar-refractivity contribution in [3.05, 3.63) is 101 Å². The van der Waals surface area contributed by atoms with E-state index < -0.39 is 0 Å². The molecule has 0 aliphatic heterocycles. The zero-order chi connectivity index (χ0) is 23.7. The number of hydrogen-bond acceptors (Lipinski definition) is 1. The molecule has 170 valence electrons. The summed E-state index contributed by atoms with van der Waals surface area (Å²) in [5.74, 6) is 9.88. The van der Waals surface area contributed by atoms with Crippen LogP contribution in [0.4, 0.5) is 0 Å². The Bertz CT molecular complexity index is 970. The van der Waals surface area contributed by atoms with Crippen molar-refractivity contribution in [2.24, 2.45) is 0 Å². The van der Waals surface area contributed by atoms with Gasteiger partial charge >= 0.3 is 0 Å². The van der Waals surface area contributed by atoms with Gasteiger partial charge in [0.2, 0.25) is 0 Å². The Labute approximate surface area is 201 Å². The quantitative estimate of drug-likeness (QED) is 0.258. The average molecular weight is 437 g/mol. The molecule has 3 aromatic carbocycles. The van der Waals surface area contributed by atoms with Crippen molar-refractivity contribution in [1.29, 1.82) is 0 Å². The van der Waals surface area contributed by atoms with Gasteiger partial charge in [-0.2, -0.15) is 0 Å². The molecule has 0 spiro atoms. The van der Waals surface area contributed by atoms with E-state index in [0.717, 1.165) is 28.9 Å². The molecule has 0 aliphatic rings. The molecule has 3 rings (SSSR count). The van der Waals surface area contributed by atoms with Gasteiger partial charge in [0.15, 0.2) is 0 Å². The Hall–Kier alpha value is -3.42. The summed E-state index contributed by atoms with van der Waals surface area (Å²) in [5.41, 5.74) is 5.80. The van der Waals surface area contributed by atoms with Gasteiger partial charge in [0.1, 0.15) is 5.75 Å². The molecule has 0 heterocycles. The number of unbranched alkanes of at least 4 members (excludes halogenated alkanes) is 2. The van der Waals surface area contributed by atoms with Gasteiger partial charge in [0.25, 0.3) is 0 Å². The van der Waals surface area contributed by atoms with Crippen molar-refractivity contribution >= 4 is 0 Å². The highest BCUT2D eigenvalue weighted by molar-refractivity contribution is 5.44. The molecular weight excluding hydrogens is 400 g/mol. The Morgan fingerprint density at radius 1 is 0.606 bits per heavy atom. The summed E-state index contributed by atoms with van der Waals surface area (Å²) in [6.07, 6.45) is 12.6. The fraction of sp³-hybridized carbons (Fsp3) is 0.312. The lowest BCUT2D eigenvalue weighted by Gasteiger charge is -2.01. The van der Waals surface area contributed by atoms with Gasteiger partial charge in [-0.15, -0.1) is 6.42 Å². The van der Waals surface area contributed by atoms with Crippen molar-refractivity contribution in [2.75, 3.05) is 6.61 Å². The Kier molecular flexibility index (Phi) is 12.1. The van der Waals surface area contributed by atoms with E-state index in [-0.39, 0.29) is 0 Å². The Balaban J connectivity index is 0.000000257. The molecule has 0 N–H and O–H groups in total. The Morgan fingerprint density at radius 2 is 1.12 bits per heavy atom. The van der Waals surface area contributed by atoms with E-state index in [9.17, 15) is 0 Å². The van der Waals surface area contributed by atoms with E-state index in [4.69, 9.17) is 11.2 Å². The van der Waals surface area contributed by atoms with Crippen LogP contribution in [0.5, 0.6) is 5.75 Å². The zero-order valence-corrected chi connectivity index (χ0v) is 20.4. The third-order valence-electron chi connectivity index (χ3n) is 5.20. The van der Waals surface area contributed by atoms with Crippen LogP contribution in [0, 0.1) is 24.2 Å². The van der Waals surface area contributed by atoms with Gasteiger partial charge < -0.3 is 4.74 Å². The second kappa shape index (κ2) is 15.4. The second-order valence-corrected chi connectivity index (χ2v) is 7.95. The molecule has 1 heteroatoms. The van der Waals surface area contributed by atoms with Gasteiger partial charge in [0, 0.05) is 16.7 Å². The van der Waals surface area contributed by atoms with Crippen LogP contribution in [0.25, 0.3) is 0 Å². The van der Waals surface area contributed by atoms with E-state index in [0.29, 0.717) is 6.61 Å². The molecule has 0 amide bonds. The van der Waals surface area contributed by atoms with Crippen LogP contribution < -0.4 is 4.74 Å². The molecule has 3 aromatic rings. The SMILES string of the molecule is C#Cc1ccc(CCCCC)cc1.CCCc1ccc(C#Cc2ccc(OCC)cc2)cc1. The lowest BCUT2D eigenvalue weighted by atomic mass is 10.1. The maximum Gasteiger partial charge on any atom is 0.119 e. The topological polar surface area (TPSA) is 9.23 Å². The summed E-state index contributed by atoms with van der Waals surface area (Å²) in [5, 5.41) is 0. The molecule has 0 unspecified atom stereocenters. The van der Waals surface area contributed by atoms with Gasteiger partial charge in [-0.25, -0.2) is 0 Å². The molecule has 0 aromatic heterocycles. The van der Waals surface area contributed by atoms with E-state index >= 15 is 0 Å². The predicted octanol–water partition coefficient (Wildman–Crippen LogP) is 7.84. The normalized spacial score (nSPS) is 9.64. The average Bonchev–Trinajstić information content (AvgIpc) is 2.86. The highest BCUT2D eigenvalue weighted by Crippen LogP contribution is 2.12. The smallest absolute Gasteiger partial charge is 0.119 e. The molecule has 0 saturated carbocycles. The minimum atomic E-state index is 0.690. The molecule has 0 radical (unpaired) electrons. The first-order valence-electron chi connectivity index (χ1n) is 12.1. The van der Waals surface area contributed by atoms with Crippen LogP contribution in [0.1, 0.15) is 74.3 Å². The van der Waals surface area contributed by atoms with Crippen LogP contribution in [0.2, 0.25) is 0 Å². The fourth-order valence-electron chi connectivity index (χ4n) is 3.34. The van der Waals surface area contributed by atoms with Crippen LogP contribution >= 0.6 is 0 Å². The molecule has 0 atom stereocenters. The number of rotatable bonds is 8. The maximum absolute atomic E-state index is 5.41. The van der Waals surface area contributed by atoms with E-state index in [1.54, 1.807) is 0 Å². The zero-order valence-electron chi connectivity index (χ0n) is 20.4. The minimum absolute atomic E-state index is 0.690. The van der Waals surface area contributed by atoms with Crippen molar-refractivity contribution in [2.45, 2.75) is 59.3 Å². The second-order valence-electron chi connectivity index (χ2n) is 7.95. The molecule has 33 heavy (non-hydrogen) atoms. The molecule has 0 fully saturated rings. The lowest BCUT2D eigenvalue weighted by Crippen LogP contribution is -1.90. The molecule has 0 saturated heterocycles. The number of benzene rings is 3. The van der Waals surface area contributed by atoms with Crippen molar-refractivity contribution in [1.82, 2.24) is 0 Å². The first-order chi connectivity index (χ1) is 16.2. The highest BCUT2D eigenvalue weighted by Gasteiger charge is 1.94. The van der Waals surface area contributed by atoms with E-state index in [1.807, 2.05) is 43.3 Å². The van der Waals surface area contributed by atoms with Gasteiger partial charge in [0.05, 0.1) is 6.61 Å². The van der Waals surface area contributed by atoms with Gasteiger partial charge in [-0.3, -0.25) is 0 Å². The summed E-state index contributed by atoms with van der Waals surface area (Å²) < 4.78 is 5.41. The third-order valence-corrected chi connectivity index (χ3v) is 5.20. The minimum Gasteiger partial charge on any atom is -0.494 e. The summed E-state index contributed by atoms with van der Waals surface area (Å²) >= 11 is 0. The fourth-order valence-corrected chi connectivity index (χ4v) is 3.34. The van der Waals surface area contributed by atoms with Gasteiger partial charge in [-0.05, 0) is 85.8 Å². The summed E-state index contributed by atoms with van der Waals surface area (Å²) in [7, 11) is 0. The van der Waals surface area contributed by atoms with Crippen LogP contribution in [-0.4, -0.2) is 6.61 Å². The van der Waals surface area contributed by atoms with Crippen molar-refractivity contribution in [3.63, 3.8) is 0 Å². The first kappa shape index (κ1) is 25.8. The maximum atomic E-state index is 5.41. The first-order valence-corrected chi connectivity index (χ1v) is 12.1. The molecule has 1 nitrogen and oxygen atoms in total. The number of hydrogen-bond donors (Lipinski definition) is 0. The Morgan fingerprint density at radius 3 is 1.61 bits per heavy atom. The highest BCUT2D eigenvalue weighted by atomic mass is 16.5. The number of aryl methyl sites for hydroxylation is 2. The van der Waals surface area contributed by atoms with Crippen LogP contribution in [-0.2, 0) is 12.8 Å². The monoisotopic (exact) mass is 436 g/mol. The third kappa shape index (κ3) is 10.2. The standard InChI is InChI=1S/C19H20O.C13H16/c1-3-5-16-6-8-17(9-7-16)10-11-18-12-14-19(15-13-18)20-4-2;1-3-5-6-7-13-10-8-12(4-2)9-11-13/h6-9,12-15H,3-5H2,1-2H3;2,8-11H,3,5-7H2,1H3. The van der Waals surface area contributed by atoms with Crippen LogP contribution in [0.3, 0.4) is 0 Å². The van der Waals surface area contributed by atoms with Crippen LogP contribution in [0.15, 0.2) is 72.8 Å². The largest absolute Gasteiger partial charge is 0.494 e.